The van der Waals surface area contributed by atoms with Gasteiger partial charge in [-0.2, -0.15) is 0 Å². The Kier molecular flexibility index (Phi) is 8.57. The maximum Gasteiger partial charge on any atom is 0.411 e. The Balaban J connectivity index is 1.11. The largest absolute Gasteiger partial charge is 0.446 e. The summed E-state index contributed by atoms with van der Waals surface area (Å²) < 4.78 is 6.07. The first-order valence-corrected chi connectivity index (χ1v) is 17.5. The number of allylic oxidation sites excluding steroid dienone is 3. The number of rotatable bonds is 7. The van der Waals surface area contributed by atoms with E-state index in [0.717, 1.165) is 65.3 Å². The van der Waals surface area contributed by atoms with Crippen LogP contribution in [0.25, 0.3) is 10.8 Å². The van der Waals surface area contributed by atoms with E-state index in [-0.39, 0.29) is 17.6 Å². The predicted molar refractivity (Wildman–Crippen MR) is 180 cm³/mol. The standard InChI is InChI=1S/C40H55NO2/c1-7-28(26(2)3)16-15-27(4)34-19-20-35-33-18-17-30-25-31(21-23-39(30,5)36(33)22-24-40(34,35)6)43-38(42)41-37-14-10-12-29-11-8-9-13-32(29)37/h8-17,26-28,31,33-36H,7,18-25H2,1-6H3,(H,41,42)/b16-15+/t27-,28-,31+,33+,34-,35+,36+,39+,40-/m1/s1. The summed E-state index contributed by atoms with van der Waals surface area (Å²) in [6, 6.07) is 14.2. The van der Waals surface area contributed by atoms with E-state index in [4.69, 9.17) is 4.74 Å². The van der Waals surface area contributed by atoms with E-state index in [2.05, 4.69) is 77.2 Å². The molecule has 43 heavy (non-hydrogen) atoms. The molecule has 9 atom stereocenters. The molecule has 0 heterocycles. The van der Waals surface area contributed by atoms with Gasteiger partial charge in [0.25, 0.3) is 0 Å². The fraction of sp³-hybridized carbons (Fsp3) is 0.625. The van der Waals surface area contributed by atoms with Crippen molar-refractivity contribution in [2.24, 2.45) is 52.3 Å². The van der Waals surface area contributed by atoms with Gasteiger partial charge in [0.15, 0.2) is 0 Å². The molecule has 2 aromatic carbocycles. The summed E-state index contributed by atoms with van der Waals surface area (Å²) in [7, 11) is 0. The number of nitrogens with one attached hydrogen (secondary N) is 1. The topological polar surface area (TPSA) is 38.3 Å². The van der Waals surface area contributed by atoms with Crippen LogP contribution in [0.2, 0.25) is 0 Å². The average molecular weight is 582 g/mol. The Hall–Kier alpha value is -2.55. The van der Waals surface area contributed by atoms with Gasteiger partial charge in [-0.15, -0.1) is 0 Å². The van der Waals surface area contributed by atoms with E-state index in [1.54, 1.807) is 5.57 Å². The van der Waals surface area contributed by atoms with Gasteiger partial charge in [-0.3, -0.25) is 5.32 Å². The molecular weight excluding hydrogens is 526 g/mol. The Bertz CT molecular complexity index is 1370. The molecule has 3 saturated carbocycles. The highest BCUT2D eigenvalue weighted by Gasteiger charge is 2.59. The Morgan fingerprint density at radius 1 is 0.977 bits per heavy atom. The molecule has 4 aliphatic rings. The number of hydrogen-bond donors (Lipinski definition) is 1. The molecular formula is C40H55NO2. The first kappa shape index (κ1) is 30.5. The van der Waals surface area contributed by atoms with E-state index >= 15 is 0 Å². The SMILES string of the molecule is CC[C@H](/C=C/[C@@H](C)[C@H]1CC[C@H]2[C@@H]3CC=C4C[C@@H](OC(=O)Nc5cccc6ccccc56)CC[C@]4(C)[C@H]3CC[C@]12C)C(C)C. The number of anilines is 1. The molecule has 0 aliphatic heterocycles. The minimum Gasteiger partial charge on any atom is -0.446 e. The summed E-state index contributed by atoms with van der Waals surface area (Å²) >= 11 is 0. The summed E-state index contributed by atoms with van der Waals surface area (Å²) in [5.74, 6) is 5.31. The van der Waals surface area contributed by atoms with Gasteiger partial charge in [0.05, 0.1) is 5.69 Å². The van der Waals surface area contributed by atoms with E-state index in [9.17, 15) is 4.79 Å². The molecule has 4 aliphatic carbocycles. The van der Waals surface area contributed by atoms with Crippen LogP contribution in [0.1, 0.15) is 99.3 Å². The second-order valence-corrected chi connectivity index (χ2v) is 15.5. The molecule has 232 valence electrons. The lowest BCUT2D eigenvalue weighted by molar-refractivity contribution is -0.0545. The lowest BCUT2D eigenvalue weighted by Crippen LogP contribution is -2.51. The maximum atomic E-state index is 13.0. The van der Waals surface area contributed by atoms with Crippen LogP contribution in [-0.2, 0) is 4.74 Å². The number of amides is 1. The fourth-order valence-corrected chi connectivity index (χ4v) is 10.5. The molecule has 1 amide bonds. The third kappa shape index (κ3) is 5.59. The first-order chi connectivity index (χ1) is 20.6. The molecule has 2 aromatic rings. The summed E-state index contributed by atoms with van der Waals surface area (Å²) in [4.78, 5) is 13.0. The second-order valence-electron chi connectivity index (χ2n) is 15.5. The molecule has 0 aromatic heterocycles. The van der Waals surface area contributed by atoms with Crippen LogP contribution in [-0.4, -0.2) is 12.2 Å². The number of hydrogen-bond acceptors (Lipinski definition) is 2. The highest BCUT2D eigenvalue weighted by molar-refractivity contribution is 6.00. The van der Waals surface area contributed by atoms with Gasteiger partial charge >= 0.3 is 6.09 Å². The fourth-order valence-electron chi connectivity index (χ4n) is 10.5. The quantitative estimate of drug-likeness (QED) is 0.330. The molecule has 3 fully saturated rings. The summed E-state index contributed by atoms with van der Waals surface area (Å²) in [6.45, 7) is 14.8. The van der Waals surface area contributed by atoms with Gasteiger partial charge < -0.3 is 4.74 Å². The Morgan fingerprint density at radius 2 is 1.77 bits per heavy atom. The van der Waals surface area contributed by atoms with Crippen LogP contribution in [0.3, 0.4) is 0 Å². The predicted octanol–water partition coefficient (Wildman–Crippen LogP) is 11.2. The second kappa shape index (κ2) is 12.1. The van der Waals surface area contributed by atoms with Gasteiger partial charge in [-0.05, 0) is 115 Å². The summed E-state index contributed by atoms with van der Waals surface area (Å²) in [6.07, 6.45) is 18.3. The van der Waals surface area contributed by atoms with Crippen molar-refractivity contribution in [3.8, 4) is 0 Å². The number of carbonyl (C=O) groups is 1. The third-order valence-corrected chi connectivity index (χ3v) is 13.1. The van der Waals surface area contributed by atoms with E-state index in [1.807, 2.05) is 30.3 Å². The zero-order valence-electron chi connectivity index (χ0n) is 27.6. The van der Waals surface area contributed by atoms with E-state index in [1.165, 1.54) is 38.5 Å². The summed E-state index contributed by atoms with van der Waals surface area (Å²) in [5.41, 5.74) is 3.10. The molecule has 3 heteroatoms. The minimum atomic E-state index is -0.327. The molecule has 0 saturated heterocycles. The van der Waals surface area contributed by atoms with Crippen molar-refractivity contribution in [3.63, 3.8) is 0 Å². The van der Waals surface area contributed by atoms with Crippen molar-refractivity contribution >= 4 is 22.6 Å². The van der Waals surface area contributed by atoms with E-state index < -0.39 is 0 Å². The van der Waals surface area contributed by atoms with Crippen molar-refractivity contribution < 1.29 is 9.53 Å². The molecule has 6 rings (SSSR count). The molecule has 3 nitrogen and oxygen atoms in total. The Labute approximate surface area is 260 Å². The summed E-state index contributed by atoms with van der Waals surface area (Å²) in [5, 5.41) is 5.21. The van der Waals surface area contributed by atoms with Crippen LogP contribution in [0.4, 0.5) is 10.5 Å². The highest BCUT2D eigenvalue weighted by Crippen LogP contribution is 2.67. The van der Waals surface area contributed by atoms with Crippen LogP contribution < -0.4 is 5.32 Å². The van der Waals surface area contributed by atoms with Crippen molar-refractivity contribution in [2.75, 3.05) is 5.32 Å². The average Bonchev–Trinajstić information content (AvgIpc) is 3.35. The molecule has 0 bridgehead atoms. The zero-order valence-corrected chi connectivity index (χ0v) is 27.6. The van der Waals surface area contributed by atoms with Gasteiger partial charge in [0.1, 0.15) is 6.10 Å². The van der Waals surface area contributed by atoms with Crippen LogP contribution in [0.5, 0.6) is 0 Å². The van der Waals surface area contributed by atoms with Crippen molar-refractivity contribution in [1.82, 2.24) is 0 Å². The van der Waals surface area contributed by atoms with Crippen LogP contribution in [0, 0.1) is 52.3 Å². The van der Waals surface area contributed by atoms with Crippen molar-refractivity contribution in [1.29, 1.82) is 0 Å². The highest BCUT2D eigenvalue weighted by atomic mass is 16.6. The van der Waals surface area contributed by atoms with Crippen molar-refractivity contribution in [2.45, 2.75) is 105 Å². The number of benzene rings is 2. The Morgan fingerprint density at radius 3 is 2.56 bits per heavy atom. The number of carbonyl (C=O) groups excluding carboxylic acids is 1. The van der Waals surface area contributed by atoms with Crippen LogP contribution in [0.15, 0.2) is 66.3 Å². The lowest BCUT2D eigenvalue weighted by Gasteiger charge is -2.58. The normalized spacial score (nSPS) is 35.1. The van der Waals surface area contributed by atoms with Gasteiger partial charge in [-0.25, -0.2) is 4.79 Å². The monoisotopic (exact) mass is 581 g/mol. The molecule has 0 unspecified atom stereocenters. The van der Waals surface area contributed by atoms with Crippen molar-refractivity contribution in [3.05, 3.63) is 66.3 Å². The molecule has 0 radical (unpaired) electrons. The lowest BCUT2D eigenvalue weighted by atomic mass is 9.47. The zero-order chi connectivity index (χ0) is 30.4. The number of ether oxygens (including phenoxy) is 1. The smallest absolute Gasteiger partial charge is 0.411 e. The van der Waals surface area contributed by atoms with Gasteiger partial charge in [0, 0.05) is 11.8 Å². The van der Waals surface area contributed by atoms with Gasteiger partial charge in [-0.1, -0.05) is 102 Å². The van der Waals surface area contributed by atoms with E-state index in [0.29, 0.717) is 17.3 Å². The molecule has 0 spiro atoms. The number of fused-ring (bicyclic) bond motifs is 6. The minimum absolute atomic E-state index is 0.0407. The maximum absolute atomic E-state index is 13.0. The van der Waals surface area contributed by atoms with Gasteiger partial charge in [0.2, 0.25) is 0 Å². The molecule has 1 N–H and O–H groups in total. The van der Waals surface area contributed by atoms with Crippen LogP contribution >= 0.6 is 0 Å². The third-order valence-electron chi connectivity index (χ3n) is 13.1. The first-order valence-electron chi connectivity index (χ1n) is 17.5.